The van der Waals surface area contributed by atoms with Crippen LogP contribution >= 0.6 is 0 Å². The van der Waals surface area contributed by atoms with Gasteiger partial charge in [-0.3, -0.25) is 0 Å². The molecule has 0 amide bonds. The predicted molar refractivity (Wildman–Crippen MR) is 38.4 cm³/mol. The minimum Gasteiger partial charge on any atom is -0.166 e. The molecule has 15 heavy (non-hydrogen) atoms. The molecule has 1 nitrogen and oxygen atoms in total. The molecule has 7 heteroatoms. The van der Waals surface area contributed by atoms with Gasteiger partial charge in [-0.05, 0) is 0 Å². The highest BCUT2D eigenvalue weighted by Gasteiger charge is 2.48. The van der Waals surface area contributed by atoms with Gasteiger partial charge < -0.3 is 0 Å². The molecule has 0 saturated heterocycles. The van der Waals surface area contributed by atoms with Gasteiger partial charge in [0, 0.05) is 13.0 Å². The second kappa shape index (κ2) is 3.39. The molecule has 1 aliphatic rings. The highest BCUT2D eigenvalue weighted by atomic mass is 19.4. The molecular formula is C8H3F6N+. The predicted octanol–water partition coefficient (Wildman–Crippen LogP) is 2.34. The maximum atomic E-state index is 12.1. The van der Waals surface area contributed by atoms with E-state index in [1.807, 2.05) is 0 Å². The van der Waals surface area contributed by atoms with Crippen LogP contribution in [0.4, 0.5) is 26.3 Å². The molecule has 0 saturated carbocycles. The second-order valence-electron chi connectivity index (χ2n) is 2.67. The van der Waals surface area contributed by atoms with Crippen LogP contribution in [0, 0.1) is 12.2 Å². The van der Waals surface area contributed by atoms with Crippen LogP contribution in [0.15, 0.2) is 11.3 Å². The SMILES string of the molecule is CC1=C(C(F)(F)F)[C]=[C]C(C(F)(F)F)=[N+]1. The number of nitrogens with zero attached hydrogens (tertiary/aromatic N) is 1. The lowest BCUT2D eigenvalue weighted by atomic mass is 10.1. The molecule has 1 aliphatic heterocycles. The van der Waals surface area contributed by atoms with Crippen LogP contribution in [-0.4, -0.2) is 18.1 Å². The molecule has 81 valence electrons. The number of rotatable bonds is 0. The molecule has 0 N–H and O–H groups in total. The Morgan fingerprint density at radius 3 is 1.80 bits per heavy atom. The van der Waals surface area contributed by atoms with Crippen LogP contribution in [0.5, 0.6) is 0 Å². The number of hydrogen-bond donors (Lipinski definition) is 0. The summed E-state index contributed by atoms with van der Waals surface area (Å²) >= 11 is 0. The smallest absolute Gasteiger partial charge is 0.166 e. The summed E-state index contributed by atoms with van der Waals surface area (Å²) in [6.07, 6.45) is -6.82. The summed E-state index contributed by atoms with van der Waals surface area (Å²) in [6.45, 7) is 0.836. The average Bonchev–Trinajstić information content (AvgIpc) is 1.99. The zero-order valence-electron chi connectivity index (χ0n) is 7.22. The van der Waals surface area contributed by atoms with Gasteiger partial charge >= 0.3 is 18.1 Å². The fraction of sp³-hybridized carbons (Fsp3) is 0.375. The number of alkyl halides is 6. The van der Waals surface area contributed by atoms with E-state index in [1.165, 1.54) is 12.2 Å². The van der Waals surface area contributed by atoms with Gasteiger partial charge in [0.2, 0.25) is 0 Å². The summed E-state index contributed by atoms with van der Waals surface area (Å²) in [5.41, 5.74) is -3.61. The minimum absolute atomic E-state index is 0.770. The molecule has 0 atom stereocenters. The standard InChI is InChI=1S/C8H3F6N/c1-4-5(7(9,10)11)2-3-6(15-4)8(12,13)14/h1H3/q+1. The van der Waals surface area contributed by atoms with E-state index in [0.29, 0.717) is 0 Å². The third-order valence-corrected chi connectivity index (χ3v) is 1.50. The van der Waals surface area contributed by atoms with Crippen LogP contribution in [-0.2, 0) is 0 Å². The highest BCUT2D eigenvalue weighted by molar-refractivity contribution is 5.96. The maximum absolute atomic E-state index is 12.1. The molecule has 0 bridgehead atoms. The van der Waals surface area contributed by atoms with E-state index in [0.717, 1.165) is 6.92 Å². The monoisotopic (exact) mass is 227 g/mol. The molecular weight excluding hydrogens is 224 g/mol. The molecule has 3 radical (unpaired) electrons. The van der Waals surface area contributed by atoms with Crippen LogP contribution in [0.25, 0.3) is 0 Å². The Labute approximate surface area is 80.8 Å². The Morgan fingerprint density at radius 1 is 0.933 bits per heavy atom. The summed E-state index contributed by atoms with van der Waals surface area (Å²) in [7, 11) is 0. The van der Waals surface area contributed by atoms with Gasteiger partial charge in [0.05, 0.1) is 11.1 Å². The van der Waals surface area contributed by atoms with Crippen molar-refractivity contribution in [3.63, 3.8) is 0 Å². The minimum atomic E-state index is -4.81. The fourth-order valence-electron chi connectivity index (χ4n) is 0.874. The Kier molecular flexibility index (Phi) is 2.67. The zero-order valence-corrected chi connectivity index (χ0v) is 7.22. The van der Waals surface area contributed by atoms with E-state index in [-0.39, 0.29) is 0 Å². The number of hydrogen-bond acceptors (Lipinski definition) is 1. The fourth-order valence-corrected chi connectivity index (χ4v) is 0.874. The molecule has 0 fully saturated rings. The summed E-state index contributed by atoms with van der Waals surface area (Å²) < 4.78 is 72.3. The largest absolute Gasteiger partial charge is 0.485 e. The van der Waals surface area contributed by atoms with Gasteiger partial charge in [-0.2, -0.15) is 26.3 Å². The number of aliphatic imine (C=N–C) groups is 1. The highest BCUT2D eigenvalue weighted by Crippen LogP contribution is 2.30. The van der Waals surface area contributed by atoms with Crippen molar-refractivity contribution in [2.24, 2.45) is 0 Å². The van der Waals surface area contributed by atoms with Crippen LogP contribution in [0.2, 0.25) is 0 Å². The van der Waals surface area contributed by atoms with Crippen molar-refractivity contribution in [1.82, 2.24) is 4.99 Å². The van der Waals surface area contributed by atoms with E-state index >= 15 is 0 Å². The lowest BCUT2D eigenvalue weighted by molar-refractivity contribution is -0.0905. The molecule has 1 rings (SSSR count). The Balaban J connectivity index is 3.13. The van der Waals surface area contributed by atoms with Crippen molar-refractivity contribution in [2.75, 3.05) is 0 Å². The first-order valence-corrected chi connectivity index (χ1v) is 3.58. The number of allylic oxidation sites excluding steroid dienone is 4. The molecule has 0 aromatic heterocycles. The summed E-state index contributed by atoms with van der Waals surface area (Å²) in [5.74, 6) is 0. The molecule has 0 aliphatic carbocycles. The van der Waals surface area contributed by atoms with Gasteiger partial charge in [0.25, 0.3) is 5.70 Å². The van der Waals surface area contributed by atoms with Crippen LogP contribution < -0.4 is 4.99 Å². The molecule has 1 heterocycles. The topological polar surface area (TPSA) is 14.1 Å². The van der Waals surface area contributed by atoms with Crippen molar-refractivity contribution in [2.45, 2.75) is 19.3 Å². The van der Waals surface area contributed by atoms with Gasteiger partial charge in [0.1, 0.15) is 5.57 Å². The first kappa shape index (κ1) is 11.8. The second-order valence-corrected chi connectivity index (χ2v) is 2.67. The van der Waals surface area contributed by atoms with Gasteiger partial charge in [-0.25, -0.2) is 0 Å². The average molecular weight is 227 g/mol. The normalized spacial score (nSPS) is 18.2. The Hall–Kier alpha value is -1.27. The maximum Gasteiger partial charge on any atom is 0.485 e. The third kappa shape index (κ3) is 2.60. The van der Waals surface area contributed by atoms with Crippen molar-refractivity contribution in [3.05, 3.63) is 23.4 Å². The first-order valence-electron chi connectivity index (χ1n) is 3.58. The lowest BCUT2D eigenvalue weighted by Gasteiger charge is -2.07. The molecule has 0 spiro atoms. The van der Waals surface area contributed by atoms with E-state index in [4.69, 9.17) is 0 Å². The quantitative estimate of drug-likeness (QED) is 0.564. The molecule has 0 aromatic rings. The first-order chi connectivity index (χ1) is 6.62. The Bertz CT molecular complexity index is 354. The lowest BCUT2D eigenvalue weighted by Crippen LogP contribution is -2.29. The van der Waals surface area contributed by atoms with Crippen molar-refractivity contribution < 1.29 is 26.3 Å². The van der Waals surface area contributed by atoms with Crippen molar-refractivity contribution in [3.8, 4) is 0 Å². The zero-order chi connectivity index (χ0) is 11.9. The van der Waals surface area contributed by atoms with Gasteiger partial charge in [-0.1, -0.05) is 0 Å². The third-order valence-electron chi connectivity index (χ3n) is 1.50. The van der Waals surface area contributed by atoms with E-state index in [1.54, 1.807) is 0 Å². The van der Waals surface area contributed by atoms with E-state index < -0.39 is 29.3 Å². The van der Waals surface area contributed by atoms with Gasteiger partial charge in [-0.15, -0.1) is 0 Å². The van der Waals surface area contributed by atoms with Crippen molar-refractivity contribution in [1.29, 1.82) is 0 Å². The summed E-state index contributed by atoms with van der Waals surface area (Å²) in [6, 6.07) is 0. The molecule has 0 aromatic carbocycles. The van der Waals surface area contributed by atoms with Crippen molar-refractivity contribution >= 4 is 5.71 Å². The number of halogens is 6. The summed E-state index contributed by atoms with van der Waals surface area (Å²) in [4.78, 5) is 2.78. The van der Waals surface area contributed by atoms with E-state index in [2.05, 4.69) is 4.99 Å². The van der Waals surface area contributed by atoms with Crippen LogP contribution in [0.3, 0.4) is 0 Å². The van der Waals surface area contributed by atoms with Crippen LogP contribution in [0.1, 0.15) is 6.92 Å². The Morgan fingerprint density at radius 2 is 1.47 bits per heavy atom. The van der Waals surface area contributed by atoms with E-state index in [9.17, 15) is 26.3 Å². The summed E-state index contributed by atoms with van der Waals surface area (Å²) in [5, 5.41) is 0. The van der Waals surface area contributed by atoms with Gasteiger partial charge in [0.15, 0.2) is 0 Å². The molecule has 0 unspecified atom stereocenters.